The van der Waals surface area contributed by atoms with Crippen LogP contribution in [0.1, 0.15) is 0 Å². The Morgan fingerprint density at radius 1 is 1.50 bits per heavy atom. The van der Waals surface area contributed by atoms with Crippen molar-refractivity contribution < 1.29 is 32.5 Å². The van der Waals surface area contributed by atoms with Gasteiger partial charge >= 0.3 is 12.1 Å². The maximum Gasteiger partial charge on any atom is 0.411 e. The second-order valence-electron chi connectivity index (χ2n) is 4.20. The van der Waals surface area contributed by atoms with Gasteiger partial charge in [-0.25, -0.2) is 0 Å². The number of rotatable bonds is 6. The molecule has 1 rings (SSSR count). The van der Waals surface area contributed by atoms with Crippen molar-refractivity contribution in [2.75, 3.05) is 40.0 Å². The first-order valence-corrected chi connectivity index (χ1v) is 5.46. The first-order valence-electron chi connectivity index (χ1n) is 5.46. The minimum atomic E-state index is -4.33. The average molecular weight is 271 g/mol. The van der Waals surface area contributed by atoms with Crippen LogP contribution in [0.25, 0.3) is 0 Å². The number of carboxylic acids is 1. The number of halogens is 3. The first kappa shape index (κ1) is 15.2. The Morgan fingerprint density at radius 2 is 2.17 bits per heavy atom. The van der Waals surface area contributed by atoms with Crippen LogP contribution in [-0.2, 0) is 14.3 Å². The van der Waals surface area contributed by atoms with E-state index in [0.29, 0.717) is 0 Å². The zero-order valence-electron chi connectivity index (χ0n) is 9.94. The highest BCUT2D eigenvalue weighted by Crippen LogP contribution is 2.19. The molecular weight excluding hydrogens is 255 g/mol. The van der Waals surface area contributed by atoms with E-state index in [9.17, 15) is 18.0 Å². The molecule has 0 aromatic heterocycles. The standard InChI is InChI=1S/C10H16F3NO4/c1-14(2-3-17-6-10(11,12)13)8-5-18-4-7(8)9(15)16/h7-8H,2-6H2,1H3,(H,15,16). The van der Waals surface area contributed by atoms with E-state index in [4.69, 9.17) is 9.84 Å². The predicted molar refractivity (Wildman–Crippen MR) is 55.2 cm³/mol. The van der Waals surface area contributed by atoms with Crippen molar-refractivity contribution in [3.63, 3.8) is 0 Å². The third-order valence-corrected chi connectivity index (χ3v) is 2.79. The summed E-state index contributed by atoms with van der Waals surface area (Å²) < 4.78 is 45.0. The zero-order valence-corrected chi connectivity index (χ0v) is 9.94. The lowest BCUT2D eigenvalue weighted by atomic mass is 10.0. The molecule has 8 heteroatoms. The fraction of sp³-hybridized carbons (Fsp3) is 0.900. The topological polar surface area (TPSA) is 59.0 Å². The van der Waals surface area contributed by atoms with Gasteiger partial charge in [-0.05, 0) is 7.05 Å². The van der Waals surface area contributed by atoms with Crippen molar-refractivity contribution in [1.29, 1.82) is 0 Å². The van der Waals surface area contributed by atoms with Gasteiger partial charge in [0, 0.05) is 12.6 Å². The number of likely N-dealkylation sites (N-methyl/N-ethyl adjacent to an activating group) is 1. The maximum absolute atomic E-state index is 11.8. The van der Waals surface area contributed by atoms with Gasteiger partial charge in [-0.1, -0.05) is 0 Å². The second-order valence-corrected chi connectivity index (χ2v) is 4.20. The number of hydrogen-bond acceptors (Lipinski definition) is 4. The molecule has 1 saturated heterocycles. The Hall–Kier alpha value is -0.860. The van der Waals surface area contributed by atoms with Crippen molar-refractivity contribution in [2.24, 2.45) is 5.92 Å². The summed E-state index contributed by atoms with van der Waals surface area (Å²) in [7, 11) is 1.65. The Kier molecular flexibility index (Phi) is 5.36. The van der Waals surface area contributed by atoms with E-state index < -0.39 is 24.7 Å². The third kappa shape index (κ3) is 4.79. The summed E-state index contributed by atoms with van der Waals surface area (Å²) in [6.07, 6.45) is -4.33. The van der Waals surface area contributed by atoms with Crippen molar-refractivity contribution in [1.82, 2.24) is 4.90 Å². The number of ether oxygens (including phenoxy) is 2. The lowest BCUT2D eigenvalue weighted by molar-refractivity contribution is -0.174. The van der Waals surface area contributed by atoms with E-state index in [1.165, 1.54) is 0 Å². The van der Waals surface area contributed by atoms with Gasteiger partial charge in [0.15, 0.2) is 0 Å². The van der Waals surface area contributed by atoms with Crippen LogP contribution in [0, 0.1) is 5.92 Å². The number of carboxylic acid groups (broad SMARTS) is 1. The Bertz CT molecular complexity index is 285. The molecule has 1 heterocycles. The molecule has 1 aliphatic heterocycles. The van der Waals surface area contributed by atoms with Crippen molar-refractivity contribution >= 4 is 5.97 Å². The maximum atomic E-state index is 11.8. The van der Waals surface area contributed by atoms with Crippen molar-refractivity contribution in [2.45, 2.75) is 12.2 Å². The van der Waals surface area contributed by atoms with E-state index in [2.05, 4.69) is 4.74 Å². The highest BCUT2D eigenvalue weighted by molar-refractivity contribution is 5.71. The zero-order chi connectivity index (χ0) is 13.8. The fourth-order valence-corrected chi connectivity index (χ4v) is 1.78. The van der Waals surface area contributed by atoms with E-state index in [1.54, 1.807) is 11.9 Å². The Balaban J connectivity index is 2.28. The molecule has 1 fully saturated rings. The summed E-state index contributed by atoms with van der Waals surface area (Å²) in [6, 6.07) is -0.322. The Morgan fingerprint density at radius 3 is 2.72 bits per heavy atom. The highest BCUT2D eigenvalue weighted by Gasteiger charge is 2.36. The number of carbonyl (C=O) groups is 1. The summed E-state index contributed by atoms with van der Waals surface area (Å²) in [4.78, 5) is 12.5. The third-order valence-electron chi connectivity index (χ3n) is 2.79. The molecule has 0 bridgehead atoms. The van der Waals surface area contributed by atoms with Gasteiger partial charge < -0.3 is 14.6 Å². The summed E-state index contributed by atoms with van der Waals surface area (Å²) in [5.74, 6) is -1.60. The first-order chi connectivity index (χ1) is 8.31. The fourth-order valence-electron chi connectivity index (χ4n) is 1.78. The second kappa shape index (κ2) is 6.35. The minimum absolute atomic E-state index is 0.0984. The largest absolute Gasteiger partial charge is 0.481 e. The van der Waals surface area contributed by atoms with Gasteiger partial charge in [0.05, 0.1) is 25.7 Å². The van der Waals surface area contributed by atoms with Gasteiger partial charge in [0.1, 0.15) is 6.61 Å². The number of alkyl halides is 3. The molecule has 2 atom stereocenters. The van der Waals surface area contributed by atoms with Crippen LogP contribution in [0.4, 0.5) is 13.2 Å². The predicted octanol–water partition coefficient (Wildman–Crippen LogP) is 0.597. The van der Waals surface area contributed by atoms with Gasteiger partial charge in [-0.15, -0.1) is 0 Å². The molecule has 0 aromatic rings. The summed E-state index contributed by atoms with van der Waals surface area (Å²) in [5.41, 5.74) is 0. The van der Waals surface area contributed by atoms with Crippen molar-refractivity contribution in [3.8, 4) is 0 Å². The molecule has 0 spiro atoms. The summed E-state index contributed by atoms with van der Waals surface area (Å²) in [5, 5.41) is 8.92. The normalized spacial score (nSPS) is 24.7. The van der Waals surface area contributed by atoms with E-state index in [1.807, 2.05) is 0 Å². The number of aliphatic carboxylic acids is 1. The SMILES string of the molecule is CN(CCOCC(F)(F)F)C1COCC1C(=O)O. The van der Waals surface area contributed by atoms with Gasteiger partial charge in [-0.2, -0.15) is 13.2 Å². The molecule has 0 saturated carbocycles. The summed E-state index contributed by atoms with van der Waals surface area (Å²) in [6.45, 7) is -0.752. The number of hydrogen-bond donors (Lipinski definition) is 1. The summed E-state index contributed by atoms with van der Waals surface area (Å²) >= 11 is 0. The lowest BCUT2D eigenvalue weighted by Gasteiger charge is -2.25. The monoisotopic (exact) mass is 271 g/mol. The van der Waals surface area contributed by atoms with Gasteiger partial charge in [-0.3, -0.25) is 9.69 Å². The van der Waals surface area contributed by atoms with E-state index >= 15 is 0 Å². The molecular formula is C10H16F3NO4. The van der Waals surface area contributed by atoms with E-state index in [-0.39, 0.29) is 32.4 Å². The molecule has 1 aliphatic rings. The van der Waals surface area contributed by atoms with Crippen LogP contribution in [-0.4, -0.2) is 68.2 Å². The van der Waals surface area contributed by atoms with E-state index in [0.717, 1.165) is 0 Å². The molecule has 0 aromatic carbocycles. The molecule has 2 unspecified atom stereocenters. The van der Waals surface area contributed by atoms with Gasteiger partial charge in [0.2, 0.25) is 0 Å². The molecule has 0 aliphatic carbocycles. The van der Waals surface area contributed by atoms with Crippen LogP contribution in [0.3, 0.4) is 0 Å². The molecule has 106 valence electrons. The molecule has 18 heavy (non-hydrogen) atoms. The molecule has 0 radical (unpaired) electrons. The van der Waals surface area contributed by atoms with Gasteiger partial charge in [0.25, 0.3) is 0 Å². The number of nitrogens with zero attached hydrogens (tertiary/aromatic N) is 1. The van der Waals surface area contributed by atoms with Crippen LogP contribution in [0.15, 0.2) is 0 Å². The average Bonchev–Trinajstić information content (AvgIpc) is 2.71. The Labute approximate surface area is 102 Å². The molecule has 1 N–H and O–H groups in total. The quantitative estimate of drug-likeness (QED) is 0.717. The molecule has 0 amide bonds. The smallest absolute Gasteiger partial charge is 0.411 e. The van der Waals surface area contributed by atoms with Crippen LogP contribution < -0.4 is 0 Å². The van der Waals surface area contributed by atoms with Crippen LogP contribution in [0.2, 0.25) is 0 Å². The van der Waals surface area contributed by atoms with Crippen LogP contribution in [0.5, 0.6) is 0 Å². The highest BCUT2D eigenvalue weighted by atomic mass is 19.4. The lowest BCUT2D eigenvalue weighted by Crippen LogP contribution is -2.42. The minimum Gasteiger partial charge on any atom is -0.481 e. The molecule has 5 nitrogen and oxygen atoms in total. The van der Waals surface area contributed by atoms with Crippen molar-refractivity contribution in [3.05, 3.63) is 0 Å². The van der Waals surface area contributed by atoms with Crippen LogP contribution >= 0.6 is 0 Å².